The number of hydrogen-bond acceptors (Lipinski definition) is 3. The molecule has 0 aromatic rings. The summed E-state index contributed by atoms with van der Waals surface area (Å²) in [5.74, 6) is 0. The van der Waals surface area contributed by atoms with Crippen molar-refractivity contribution in [3.63, 3.8) is 0 Å². The molecule has 0 amide bonds. The quantitative estimate of drug-likeness (QED) is 0.616. The van der Waals surface area contributed by atoms with Gasteiger partial charge in [-0.1, -0.05) is 13.3 Å². The fraction of sp³-hybridized carbons (Fsp3) is 1.00. The third-order valence-electron chi connectivity index (χ3n) is 3.47. The molecule has 1 heterocycles. The Morgan fingerprint density at radius 2 is 2.00 bits per heavy atom. The van der Waals surface area contributed by atoms with Gasteiger partial charge in [-0.05, 0) is 52.9 Å². The maximum absolute atomic E-state index is 5.87. The van der Waals surface area contributed by atoms with Crippen molar-refractivity contribution in [2.24, 2.45) is 0 Å². The first-order valence-corrected chi connectivity index (χ1v) is 7.25. The number of nitrogens with zero attached hydrogens (tertiary/aromatic N) is 2. The van der Waals surface area contributed by atoms with Gasteiger partial charge in [-0.3, -0.25) is 0 Å². The second-order valence-corrected chi connectivity index (χ2v) is 5.35. The summed E-state index contributed by atoms with van der Waals surface area (Å²) >= 11 is 0. The molecule has 102 valence electrons. The second-order valence-electron chi connectivity index (χ2n) is 5.35. The molecule has 1 saturated heterocycles. The summed E-state index contributed by atoms with van der Waals surface area (Å²) in [5, 5.41) is 0. The van der Waals surface area contributed by atoms with Crippen molar-refractivity contribution in [1.82, 2.24) is 9.80 Å². The first kappa shape index (κ1) is 14.9. The molecule has 1 rings (SSSR count). The van der Waals surface area contributed by atoms with Gasteiger partial charge < -0.3 is 14.5 Å². The Morgan fingerprint density at radius 3 is 2.65 bits per heavy atom. The largest absolute Gasteiger partial charge is 0.376 e. The van der Waals surface area contributed by atoms with Gasteiger partial charge in [0.2, 0.25) is 0 Å². The summed E-state index contributed by atoms with van der Waals surface area (Å²) in [7, 11) is 2.19. The summed E-state index contributed by atoms with van der Waals surface area (Å²) in [6, 6.07) is 0. The van der Waals surface area contributed by atoms with E-state index < -0.39 is 0 Å². The monoisotopic (exact) mass is 242 g/mol. The highest BCUT2D eigenvalue weighted by Crippen LogP contribution is 2.06. The normalized spacial score (nSPS) is 19.1. The van der Waals surface area contributed by atoms with Crippen LogP contribution in [0.1, 0.15) is 39.5 Å². The molecule has 0 saturated carbocycles. The standard InChI is InChI=1S/C14H30N2O/c1-4-5-8-15(3)13-14(2)17-12-11-16-9-6-7-10-16/h14H,4-13H2,1-3H3. The molecule has 3 heteroatoms. The molecule has 1 atom stereocenters. The number of likely N-dealkylation sites (tertiary alicyclic amines) is 1. The molecular weight excluding hydrogens is 212 g/mol. The van der Waals surface area contributed by atoms with E-state index in [4.69, 9.17) is 4.74 Å². The van der Waals surface area contributed by atoms with Crippen LogP contribution in [0.4, 0.5) is 0 Å². The summed E-state index contributed by atoms with van der Waals surface area (Å²) in [5.41, 5.74) is 0. The predicted molar refractivity (Wildman–Crippen MR) is 73.5 cm³/mol. The predicted octanol–water partition coefficient (Wildman–Crippen LogP) is 2.22. The Labute approximate surface area is 107 Å². The maximum Gasteiger partial charge on any atom is 0.0674 e. The molecule has 0 aliphatic carbocycles. The molecular formula is C14H30N2O. The molecule has 0 radical (unpaired) electrons. The smallest absolute Gasteiger partial charge is 0.0674 e. The highest BCUT2D eigenvalue weighted by atomic mass is 16.5. The minimum atomic E-state index is 0.361. The number of rotatable bonds is 9. The Kier molecular flexibility index (Phi) is 7.82. The molecule has 0 aromatic carbocycles. The SMILES string of the molecule is CCCCN(C)CC(C)OCCN1CCCC1. The van der Waals surface area contributed by atoms with E-state index in [0.717, 1.165) is 19.7 Å². The van der Waals surface area contributed by atoms with Crippen LogP contribution in [-0.4, -0.2) is 62.3 Å². The number of hydrogen-bond donors (Lipinski definition) is 0. The van der Waals surface area contributed by atoms with Gasteiger partial charge in [-0.15, -0.1) is 0 Å². The zero-order chi connectivity index (χ0) is 12.5. The fourth-order valence-electron chi connectivity index (χ4n) is 2.40. The van der Waals surface area contributed by atoms with Gasteiger partial charge in [0.15, 0.2) is 0 Å². The Bertz CT molecular complexity index is 181. The summed E-state index contributed by atoms with van der Waals surface area (Å²) in [6.45, 7) is 11.2. The van der Waals surface area contributed by atoms with E-state index in [-0.39, 0.29) is 0 Å². The molecule has 1 aliphatic heterocycles. The van der Waals surface area contributed by atoms with E-state index >= 15 is 0 Å². The summed E-state index contributed by atoms with van der Waals surface area (Å²) in [4.78, 5) is 4.89. The molecule has 0 aromatic heterocycles. The van der Waals surface area contributed by atoms with Crippen LogP contribution < -0.4 is 0 Å². The van der Waals surface area contributed by atoms with Crippen molar-refractivity contribution in [2.75, 3.05) is 46.4 Å². The highest BCUT2D eigenvalue weighted by molar-refractivity contribution is 4.66. The van der Waals surface area contributed by atoms with E-state index in [1.807, 2.05) is 0 Å². The first-order chi connectivity index (χ1) is 8.22. The van der Waals surface area contributed by atoms with Crippen LogP contribution in [0.25, 0.3) is 0 Å². The summed E-state index contributed by atoms with van der Waals surface area (Å²) < 4.78 is 5.87. The van der Waals surface area contributed by atoms with Crippen LogP contribution in [0.2, 0.25) is 0 Å². The number of unbranched alkanes of at least 4 members (excludes halogenated alkanes) is 1. The molecule has 0 bridgehead atoms. The van der Waals surface area contributed by atoms with Gasteiger partial charge in [0.05, 0.1) is 12.7 Å². The van der Waals surface area contributed by atoms with Crippen LogP contribution >= 0.6 is 0 Å². The van der Waals surface area contributed by atoms with E-state index in [2.05, 4.69) is 30.7 Å². The lowest BCUT2D eigenvalue weighted by atomic mass is 10.3. The summed E-state index contributed by atoms with van der Waals surface area (Å²) in [6.07, 6.45) is 5.66. The first-order valence-electron chi connectivity index (χ1n) is 7.25. The third kappa shape index (κ3) is 7.02. The lowest BCUT2D eigenvalue weighted by Crippen LogP contribution is -2.32. The number of likely N-dealkylation sites (N-methyl/N-ethyl adjacent to an activating group) is 1. The van der Waals surface area contributed by atoms with Crippen LogP contribution in [0, 0.1) is 0 Å². The van der Waals surface area contributed by atoms with Crippen molar-refractivity contribution < 1.29 is 4.74 Å². The van der Waals surface area contributed by atoms with E-state index in [0.29, 0.717) is 6.10 Å². The minimum absolute atomic E-state index is 0.361. The zero-order valence-electron chi connectivity index (χ0n) is 12.0. The van der Waals surface area contributed by atoms with Crippen molar-refractivity contribution in [1.29, 1.82) is 0 Å². The molecule has 0 spiro atoms. The van der Waals surface area contributed by atoms with Crippen molar-refractivity contribution in [2.45, 2.75) is 45.6 Å². The van der Waals surface area contributed by atoms with Gasteiger partial charge in [-0.25, -0.2) is 0 Å². The maximum atomic E-state index is 5.87. The third-order valence-corrected chi connectivity index (χ3v) is 3.47. The minimum Gasteiger partial charge on any atom is -0.376 e. The molecule has 3 nitrogen and oxygen atoms in total. The topological polar surface area (TPSA) is 15.7 Å². The average molecular weight is 242 g/mol. The van der Waals surface area contributed by atoms with Crippen molar-refractivity contribution in [3.8, 4) is 0 Å². The van der Waals surface area contributed by atoms with Crippen molar-refractivity contribution in [3.05, 3.63) is 0 Å². The van der Waals surface area contributed by atoms with Crippen LogP contribution in [0.15, 0.2) is 0 Å². The molecule has 1 fully saturated rings. The van der Waals surface area contributed by atoms with Gasteiger partial charge in [0, 0.05) is 13.1 Å². The lowest BCUT2D eigenvalue weighted by molar-refractivity contribution is 0.0327. The van der Waals surface area contributed by atoms with E-state index in [9.17, 15) is 0 Å². The molecule has 0 N–H and O–H groups in total. The van der Waals surface area contributed by atoms with Crippen LogP contribution in [-0.2, 0) is 4.74 Å². The lowest BCUT2D eigenvalue weighted by Gasteiger charge is -2.22. The van der Waals surface area contributed by atoms with Crippen LogP contribution in [0.3, 0.4) is 0 Å². The van der Waals surface area contributed by atoms with Gasteiger partial charge in [0.25, 0.3) is 0 Å². The molecule has 1 aliphatic rings. The molecule has 1 unspecified atom stereocenters. The van der Waals surface area contributed by atoms with Gasteiger partial charge in [-0.2, -0.15) is 0 Å². The van der Waals surface area contributed by atoms with Gasteiger partial charge in [0.1, 0.15) is 0 Å². The number of ether oxygens (including phenoxy) is 1. The van der Waals surface area contributed by atoms with E-state index in [1.165, 1.54) is 45.3 Å². The van der Waals surface area contributed by atoms with Gasteiger partial charge >= 0.3 is 0 Å². The average Bonchev–Trinajstić information content (AvgIpc) is 2.79. The molecule has 17 heavy (non-hydrogen) atoms. The Hall–Kier alpha value is -0.120. The Balaban J connectivity index is 1.97. The highest BCUT2D eigenvalue weighted by Gasteiger charge is 2.12. The van der Waals surface area contributed by atoms with Crippen LogP contribution in [0.5, 0.6) is 0 Å². The fourth-order valence-corrected chi connectivity index (χ4v) is 2.40. The second kappa shape index (κ2) is 8.90. The zero-order valence-corrected chi connectivity index (χ0v) is 12.0. The Morgan fingerprint density at radius 1 is 1.29 bits per heavy atom. The van der Waals surface area contributed by atoms with Crippen molar-refractivity contribution >= 4 is 0 Å². The van der Waals surface area contributed by atoms with E-state index in [1.54, 1.807) is 0 Å².